The third-order valence-electron chi connectivity index (χ3n) is 4.04. The number of hydrogen-bond acceptors (Lipinski definition) is 5. The summed E-state index contributed by atoms with van der Waals surface area (Å²) in [5.41, 5.74) is 0. The number of amides is 1. The molecule has 1 aromatic carbocycles. The lowest BCUT2D eigenvalue weighted by atomic mass is 10.1. The van der Waals surface area contributed by atoms with Gasteiger partial charge in [-0.2, -0.15) is 0 Å². The van der Waals surface area contributed by atoms with Gasteiger partial charge in [0.2, 0.25) is 5.91 Å². The number of aliphatic hydroxyl groups is 1. The maximum atomic E-state index is 12.0. The number of carbonyl (C=O) groups is 2. The monoisotopic (exact) mass is 337 g/mol. The number of hydrogen-bond donors (Lipinski definition) is 2. The van der Waals surface area contributed by atoms with Crippen molar-refractivity contribution < 1.29 is 29.3 Å². The molecule has 24 heavy (non-hydrogen) atoms. The minimum atomic E-state index is -0.988. The standard InChI is InChI=1S/C17H23NO6/c1-23-12-3-2-4-13(11-12)24-15-8-10-18(9-7-14(15)19)16(20)5-6-17(21)22/h2-4,11,14-15,19H,5-10H2,1H3,(H,21,22)/t14-,15-/m0/s1. The summed E-state index contributed by atoms with van der Waals surface area (Å²) in [5.74, 6) is 0.0780. The molecule has 1 amide bonds. The Morgan fingerprint density at radius 1 is 1.21 bits per heavy atom. The highest BCUT2D eigenvalue weighted by Gasteiger charge is 2.28. The number of nitrogens with zero attached hydrogens (tertiary/aromatic N) is 1. The zero-order valence-electron chi connectivity index (χ0n) is 13.7. The lowest BCUT2D eigenvalue weighted by Crippen LogP contribution is -2.32. The van der Waals surface area contributed by atoms with Gasteiger partial charge >= 0.3 is 5.97 Å². The summed E-state index contributed by atoms with van der Waals surface area (Å²) in [5, 5.41) is 18.9. The highest BCUT2D eigenvalue weighted by molar-refractivity contribution is 5.80. The van der Waals surface area contributed by atoms with E-state index >= 15 is 0 Å². The van der Waals surface area contributed by atoms with Gasteiger partial charge in [-0.25, -0.2) is 0 Å². The molecule has 1 aliphatic rings. The molecule has 2 rings (SSSR count). The fourth-order valence-corrected chi connectivity index (χ4v) is 2.67. The second-order valence-electron chi connectivity index (χ2n) is 5.75. The molecule has 1 heterocycles. The van der Waals surface area contributed by atoms with E-state index in [0.717, 1.165) is 0 Å². The van der Waals surface area contributed by atoms with E-state index in [1.54, 1.807) is 36.3 Å². The molecule has 0 unspecified atom stereocenters. The highest BCUT2D eigenvalue weighted by Crippen LogP contribution is 2.23. The first-order valence-electron chi connectivity index (χ1n) is 7.98. The molecule has 0 aromatic heterocycles. The van der Waals surface area contributed by atoms with Crippen molar-refractivity contribution in [2.75, 3.05) is 20.2 Å². The van der Waals surface area contributed by atoms with Crippen LogP contribution in [-0.2, 0) is 9.59 Å². The van der Waals surface area contributed by atoms with E-state index in [1.807, 2.05) is 0 Å². The first kappa shape index (κ1) is 18.1. The van der Waals surface area contributed by atoms with E-state index in [4.69, 9.17) is 14.6 Å². The van der Waals surface area contributed by atoms with E-state index < -0.39 is 18.2 Å². The van der Waals surface area contributed by atoms with E-state index in [9.17, 15) is 14.7 Å². The number of benzene rings is 1. The Morgan fingerprint density at radius 3 is 2.62 bits per heavy atom. The Morgan fingerprint density at radius 2 is 1.92 bits per heavy atom. The summed E-state index contributed by atoms with van der Waals surface area (Å²) in [4.78, 5) is 24.2. The topological polar surface area (TPSA) is 96.3 Å². The smallest absolute Gasteiger partial charge is 0.303 e. The van der Waals surface area contributed by atoms with Crippen LogP contribution in [0.2, 0.25) is 0 Å². The summed E-state index contributed by atoms with van der Waals surface area (Å²) in [6.45, 7) is 0.835. The Hall–Kier alpha value is -2.28. The zero-order chi connectivity index (χ0) is 17.5. The van der Waals surface area contributed by atoms with Gasteiger partial charge in [0.05, 0.1) is 19.6 Å². The lowest BCUT2D eigenvalue weighted by molar-refractivity contribution is -0.140. The molecule has 1 aliphatic heterocycles. The average molecular weight is 337 g/mol. The van der Waals surface area contributed by atoms with Crippen molar-refractivity contribution in [1.82, 2.24) is 4.90 Å². The van der Waals surface area contributed by atoms with Gasteiger partial charge < -0.3 is 24.6 Å². The van der Waals surface area contributed by atoms with E-state index in [2.05, 4.69) is 0 Å². The Labute approximate surface area is 140 Å². The van der Waals surface area contributed by atoms with Crippen molar-refractivity contribution in [3.8, 4) is 11.5 Å². The van der Waals surface area contributed by atoms with Crippen molar-refractivity contribution in [2.45, 2.75) is 37.9 Å². The Kier molecular flexibility index (Phi) is 6.43. The number of ether oxygens (including phenoxy) is 2. The Balaban J connectivity index is 1.93. The van der Waals surface area contributed by atoms with E-state index in [0.29, 0.717) is 37.4 Å². The largest absolute Gasteiger partial charge is 0.497 e. The molecular formula is C17H23NO6. The van der Waals surface area contributed by atoms with Crippen molar-refractivity contribution in [3.05, 3.63) is 24.3 Å². The van der Waals surface area contributed by atoms with Crippen molar-refractivity contribution >= 4 is 11.9 Å². The normalized spacial score (nSPS) is 21.0. The third kappa shape index (κ3) is 5.13. The van der Waals surface area contributed by atoms with Gasteiger partial charge in [0.1, 0.15) is 17.6 Å². The van der Waals surface area contributed by atoms with E-state index in [1.165, 1.54) is 0 Å². The molecule has 132 valence electrons. The van der Waals surface area contributed by atoms with Crippen LogP contribution in [0.15, 0.2) is 24.3 Å². The minimum absolute atomic E-state index is 0.0210. The number of carboxylic acid groups (broad SMARTS) is 1. The number of carbonyl (C=O) groups excluding carboxylic acids is 1. The molecule has 0 spiro atoms. The molecule has 1 fully saturated rings. The molecule has 7 heteroatoms. The van der Waals surface area contributed by atoms with Crippen LogP contribution in [0.5, 0.6) is 11.5 Å². The summed E-state index contributed by atoms with van der Waals surface area (Å²) < 4.78 is 11.0. The fourth-order valence-electron chi connectivity index (χ4n) is 2.67. The third-order valence-corrected chi connectivity index (χ3v) is 4.04. The molecular weight excluding hydrogens is 314 g/mol. The fraction of sp³-hybridized carbons (Fsp3) is 0.529. The molecule has 7 nitrogen and oxygen atoms in total. The van der Waals surface area contributed by atoms with Gasteiger partial charge in [0.25, 0.3) is 0 Å². The number of rotatable bonds is 6. The highest BCUT2D eigenvalue weighted by atomic mass is 16.5. The number of methoxy groups -OCH3 is 1. The Bertz CT molecular complexity index is 576. The number of likely N-dealkylation sites (tertiary alicyclic amines) is 1. The zero-order valence-corrected chi connectivity index (χ0v) is 13.7. The molecule has 1 aromatic rings. The quantitative estimate of drug-likeness (QED) is 0.812. The van der Waals surface area contributed by atoms with Crippen LogP contribution in [0.25, 0.3) is 0 Å². The molecule has 1 saturated heterocycles. The van der Waals surface area contributed by atoms with Crippen molar-refractivity contribution in [1.29, 1.82) is 0 Å². The van der Waals surface area contributed by atoms with Crippen LogP contribution >= 0.6 is 0 Å². The maximum absolute atomic E-state index is 12.0. The number of carboxylic acids is 1. The van der Waals surface area contributed by atoms with Gasteiger partial charge in [-0.05, 0) is 18.6 Å². The van der Waals surface area contributed by atoms with Crippen LogP contribution in [0.1, 0.15) is 25.7 Å². The van der Waals surface area contributed by atoms with Crippen LogP contribution < -0.4 is 9.47 Å². The molecule has 0 aliphatic carbocycles. The van der Waals surface area contributed by atoms with E-state index in [-0.39, 0.29) is 18.7 Å². The average Bonchev–Trinajstić information content (AvgIpc) is 2.75. The summed E-state index contributed by atoms with van der Waals surface area (Å²) in [7, 11) is 1.57. The minimum Gasteiger partial charge on any atom is -0.497 e. The first-order chi connectivity index (χ1) is 11.5. The van der Waals surface area contributed by atoms with Crippen LogP contribution in [-0.4, -0.2) is 59.4 Å². The molecule has 0 radical (unpaired) electrons. The van der Waals surface area contributed by atoms with Gasteiger partial charge in [-0.1, -0.05) is 6.07 Å². The molecule has 2 atom stereocenters. The lowest BCUT2D eigenvalue weighted by Gasteiger charge is -2.22. The number of aliphatic carboxylic acids is 1. The molecule has 2 N–H and O–H groups in total. The van der Waals surface area contributed by atoms with Crippen molar-refractivity contribution in [3.63, 3.8) is 0 Å². The number of aliphatic hydroxyl groups excluding tert-OH is 1. The van der Waals surface area contributed by atoms with Crippen molar-refractivity contribution in [2.24, 2.45) is 0 Å². The summed E-state index contributed by atoms with van der Waals surface area (Å²) in [6.07, 6.45) is -0.429. The first-order valence-corrected chi connectivity index (χ1v) is 7.98. The van der Waals surface area contributed by atoms with Gasteiger partial charge in [-0.3, -0.25) is 9.59 Å². The molecule has 0 bridgehead atoms. The second kappa shape index (κ2) is 8.54. The predicted octanol–water partition coefficient (Wildman–Crippen LogP) is 1.29. The van der Waals surface area contributed by atoms with Gasteiger partial charge in [0.15, 0.2) is 0 Å². The van der Waals surface area contributed by atoms with Crippen LogP contribution in [0.4, 0.5) is 0 Å². The SMILES string of the molecule is COc1cccc(O[C@H]2CCN(C(=O)CCC(=O)O)CC[C@@H]2O)c1. The summed E-state index contributed by atoms with van der Waals surface area (Å²) in [6, 6.07) is 7.14. The van der Waals surface area contributed by atoms with Crippen LogP contribution in [0.3, 0.4) is 0 Å². The van der Waals surface area contributed by atoms with Gasteiger partial charge in [-0.15, -0.1) is 0 Å². The second-order valence-corrected chi connectivity index (χ2v) is 5.75. The predicted molar refractivity (Wildman–Crippen MR) is 86.1 cm³/mol. The maximum Gasteiger partial charge on any atom is 0.303 e. The van der Waals surface area contributed by atoms with Gasteiger partial charge in [0, 0.05) is 32.0 Å². The van der Waals surface area contributed by atoms with Crippen LogP contribution in [0, 0.1) is 0 Å². The summed E-state index contributed by atoms with van der Waals surface area (Å²) >= 11 is 0. The molecule has 0 saturated carbocycles.